The average Bonchev–Trinajstić information content (AvgIpc) is 3.29. The van der Waals surface area contributed by atoms with Crippen LogP contribution in [0, 0.1) is 6.92 Å². The Bertz CT molecular complexity index is 700. The van der Waals surface area contributed by atoms with E-state index in [-0.39, 0.29) is 5.91 Å². The van der Waals surface area contributed by atoms with Gasteiger partial charge in [-0.05, 0) is 26.2 Å². The fourth-order valence-electron chi connectivity index (χ4n) is 3.25. The molecule has 0 saturated heterocycles. The van der Waals surface area contributed by atoms with Crippen molar-refractivity contribution in [3.63, 3.8) is 0 Å². The summed E-state index contributed by atoms with van der Waals surface area (Å²) in [6, 6.07) is 0. The lowest BCUT2D eigenvalue weighted by atomic mass is 10.1. The van der Waals surface area contributed by atoms with Crippen molar-refractivity contribution >= 4 is 5.91 Å². The van der Waals surface area contributed by atoms with Gasteiger partial charge in [-0.25, -0.2) is 0 Å². The van der Waals surface area contributed by atoms with Gasteiger partial charge in [-0.1, -0.05) is 24.9 Å². The first-order valence-electron chi connectivity index (χ1n) is 8.70. The molecular weight excluding hydrogens is 306 g/mol. The van der Waals surface area contributed by atoms with Crippen LogP contribution in [0.15, 0.2) is 10.7 Å². The number of carbonyl (C=O) groups is 1. The van der Waals surface area contributed by atoms with Gasteiger partial charge in [-0.3, -0.25) is 9.48 Å². The highest BCUT2D eigenvalue weighted by Crippen LogP contribution is 2.32. The molecule has 0 N–H and O–H groups in total. The Morgan fingerprint density at radius 1 is 1.42 bits per heavy atom. The Morgan fingerprint density at radius 2 is 2.17 bits per heavy atom. The molecule has 1 fully saturated rings. The molecule has 1 saturated carbocycles. The normalized spacial score (nSPS) is 15.1. The molecule has 1 amide bonds. The first kappa shape index (κ1) is 16.7. The van der Waals surface area contributed by atoms with Gasteiger partial charge in [-0.15, -0.1) is 0 Å². The van der Waals surface area contributed by atoms with Gasteiger partial charge in [-0.2, -0.15) is 10.1 Å². The Labute approximate surface area is 142 Å². The van der Waals surface area contributed by atoms with E-state index >= 15 is 0 Å². The lowest BCUT2D eigenvalue weighted by Gasteiger charge is -2.14. The Balaban J connectivity index is 1.66. The van der Waals surface area contributed by atoms with Crippen molar-refractivity contribution in [3.8, 4) is 0 Å². The molecule has 0 radical (unpaired) electrons. The number of aryl methyl sites for hydroxylation is 1. The SMILES string of the molecule is CCCn1ncc(C(=O)N(C)Cc2noc(C3CCCC3)n2)c1C. The van der Waals surface area contributed by atoms with E-state index < -0.39 is 0 Å². The largest absolute Gasteiger partial charge is 0.339 e. The maximum atomic E-state index is 12.6. The van der Waals surface area contributed by atoms with Gasteiger partial charge in [0.05, 0.1) is 18.3 Å². The lowest BCUT2D eigenvalue weighted by Crippen LogP contribution is -2.27. The second-order valence-corrected chi connectivity index (χ2v) is 6.56. The average molecular weight is 331 g/mol. The van der Waals surface area contributed by atoms with Crippen molar-refractivity contribution in [2.45, 2.75) is 65.0 Å². The van der Waals surface area contributed by atoms with Crippen LogP contribution in [0.25, 0.3) is 0 Å². The van der Waals surface area contributed by atoms with Crippen LogP contribution in [0.4, 0.5) is 0 Å². The van der Waals surface area contributed by atoms with Crippen molar-refractivity contribution in [1.29, 1.82) is 0 Å². The number of nitrogens with zero attached hydrogens (tertiary/aromatic N) is 5. The predicted octanol–water partition coefficient (Wildman–Crippen LogP) is 2.91. The zero-order valence-corrected chi connectivity index (χ0v) is 14.7. The van der Waals surface area contributed by atoms with Crippen LogP contribution in [0.1, 0.15) is 72.7 Å². The molecule has 2 heterocycles. The third-order valence-corrected chi connectivity index (χ3v) is 4.68. The van der Waals surface area contributed by atoms with Crippen molar-refractivity contribution in [3.05, 3.63) is 29.2 Å². The van der Waals surface area contributed by atoms with Gasteiger partial charge >= 0.3 is 0 Å². The van der Waals surface area contributed by atoms with E-state index in [1.54, 1.807) is 18.1 Å². The predicted molar refractivity (Wildman–Crippen MR) is 88.6 cm³/mol. The Morgan fingerprint density at radius 3 is 2.88 bits per heavy atom. The second kappa shape index (κ2) is 7.15. The van der Waals surface area contributed by atoms with E-state index in [1.807, 2.05) is 11.6 Å². The minimum Gasteiger partial charge on any atom is -0.339 e. The number of aromatic nitrogens is 4. The summed E-state index contributed by atoms with van der Waals surface area (Å²) >= 11 is 0. The molecule has 0 atom stereocenters. The maximum Gasteiger partial charge on any atom is 0.257 e. The summed E-state index contributed by atoms with van der Waals surface area (Å²) in [6.07, 6.45) is 7.31. The summed E-state index contributed by atoms with van der Waals surface area (Å²) in [4.78, 5) is 18.7. The highest BCUT2D eigenvalue weighted by molar-refractivity contribution is 5.94. The zero-order valence-electron chi connectivity index (χ0n) is 14.7. The van der Waals surface area contributed by atoms with Crippen LogP contribution >= 0.6 is 0 Å². The highest BCUT2D eigenvalue weighted by Gasteiger charge is 2.24. The number of hydrogen-bond donors (Lipinski definition) is 0. The van der Waals surface area contributed by atoms with E-state index in [1.165, 1.54) is 12.8 Å². The van der Waals surface area contributed by atoms with Crippen LogP contribution in [-0.4, -0.2) is 37.8 Å². The molecule has 2 aromatic heterocycles. The Hall–Kier alpha value is -2.18. The minimum atomic E-state index is -0.0675. The summed E-state index contributed by atoms with van der Waals surface area (Å²) in [5.74, 6) is 1.60. The van der Waals surface area contributed by atoms with Gasteiger partial charge < -0.3 is 9.42 Å². The van der Waals surface area contributed by atoms with E-state index in [0.29, 0.717) is 23.9 Å². The van der Waals surface area contributed by atoms with Crippen molar-refractivity contribution in [2.75, 3.05) is 7.05 Å². The zero-order chi connectivity index (χ0) is 17.1. The van der Waals surface area contributed by atoms with E-state index in [0.717, 1.165) is 37.4 Å². The molecule has 2 aromatic rings. The molecule has 3 rings (SSSR count). The molecule has 0 spiro atoms. The van der Waals surface area contributed by atoms with E-state index in [2.05, 4.69) is 22.2 Å². The standard InChI is InChI=1S/C17H25N5O2/c1-4-9-22-12(2)14(10-18-22)17(23)21(3)11-15-19-16(24-20-15)13-7-5-6-8-13/h10,13H,4-9,11H2,1-3H3. The van der Waals surface area contributed by atoms with Crippen LogP contribution in [0.3, 0.4) is 0 Å². The molecule has 7 heteroatoms. The summed E-state index contributed by atoms with van der Waals surface area (Å²) in [5.41, 5.74) is 1.53. The minimum absolute atomic E-state index is 0.0675. The van der Waals surface area contributed by atoms with Crippen molar-refractivity contribution < 1.29 is 9.32 Å². The number of carbonyl (C=O) groups excluding carboxylic acids is 1. The molecule has 0 aliphatic heterocycles. The molecule has 1 aliphatic carbocycles. The highest BCUT2D eigenvalue weighted by atomic mass is 16.5. The Kier molecular flexibility index (Phi) is 4.97. The van der Waals surface area contributed by atoms with Gasteiger partial charge in [0, 0.05) is 25.2 Å². The fraction of sp³-hybridized carbons (Fsp3) is 0.647. The third kappa shape index (κ3) is 3.34. The molecule has 0 aromatic carbocycles. The summed E-state index contributed by atoms with van der Waals surface area (Å²) < 4.78 is 7.25. The number of amides is 1. The van der Waals surface area contributed by atoms with Crippen molar-refractivity contribution in [2.24, 2.45) is 0 Å². The van der Waals surface area contributed by atoms with Crippen LogP contribution in [-0.2, 0) is 13.1 Å². The molecule has 0 unspecified atom stereocenters. The van der Waals surface area contributed by atoms with Crippen LogP contribution in [0.2, 0.25) is 0 Å². The molecule has 0 bridgehead atoms. The lowest BCUT2D eigenvalue weighted by molar-refractivity contribution is 0.0779. The van der Waals surface area contributed by atoms with Crippen LogP contribution in [0.5, 0.6) is 0 Å². The van der Waals surface area contributed by atoms with Gasteiger partial charge in [0.25, 0.3) is 5.91 Å². The molecule has 7 nitrogen and oxygen atoms in total. The van der Waals surface area contributed by atoms with Gasteiger partial charge in [0.1, 0.15) is 0 Å². The first-order valence-corrected chi connectivity index (χ1v) is 8.70. The monoisotopic (exact) mass is 331 g/mol. The van der Waals surface area contributed by atoms with E-state index in [9.17, 15) is 4.79 Å². The van der Waals surface area contributed by atoms with Gasteiger partial charge in [0.2, 0.25) is 5.89 Å². The third-order valence-electron chi connectivity index (χ3n) is 4.68. The van der Waals surface area contributed by atoms with Gasteiger partial charge in [0.15, 0.2) is 5.82 Å². The fourth-order valence-corrected chi connectivity index (χ4v) is 3.25. The topological polar surface area (TPSA) is 77.0 Å². The molecule has 130 valence electrons. The summed E-state index contributed by atoms with van der Waals surface area (Å²) in [7, 11) is 1.75. The number of rotatable bonds is 6. The summed E-state index contributed by atoms with van der Waals surface area (Å²) in [5, 5.41) is 8.32. The van der Waals surface area contributed by atoms with Crippen molar-refractivity contribution in [1.82, 2.24) is 24.8 Å². The summed E-state index contributed by atoms with van der Waals surface area (Å²) in [6.45, 7) is 5.18. The quantitative estimate of drug-likeness (QED) is 0.813. The number of hydrogen-bond acceptors (Lipinski definition) is 5. The molecule has 1 aliphatic rings. The maximum absolute atomic E-state index is 12.6. The first-order chi connectivity index (χ1) is 11.6. The molecule has 24 heavy (non-hydrogen) atoms. The van der Waals surface area contributed by atoms with Crippen LogP contribution < -0.4 is 0 Å². The van der Waals surface area contributed by atoms with E-state index in [4.69, 9.17) is 4.52 Å². The smallest absolute Gasteiger partial charge is 0.257 e. The second-order valence-electron chi connectivity index (χ2n) is 6.56. The molecular formula is C17H25N5O2.